The number of hydrogen-bond acceptors (Lipinski definition) is 6. The second-order valence-electron chi connectivity index (χ2n) is 5.23. The summed E-state index contributed by atoms with van der Waals surface area (Å²) in [5.74, 6) is -0.521. The van der Waals surface area contributed by atoms with Crippen LogP contribution < -0.4 is 5.32 Å². The maximum atomic E-state index is 11.7. The number of amides is 1. The molecule has 6 nitrogen and oxygen atoms in total. The lowest BCUT2D eigenvalue weighted by Crippen LogP contribution is -2.45. The van der Waals surface area contributed by atoms with Gasteiger partial charge in [-0.2, -0.15) is 0 Å². The molecule has 0 fully saturated rings. The average molecular weight is 317 g/mol. The van der Waals surface area contributed by atoms with Gasteiger partial charge in [-0.1, -0.05) is 17.8 Å². The van der Waals surface area contributed by atoms with Crippen molar-refractivity contribution in [3.63, 3.8) is 0 Å². The van der Waals surface area contributed by atoms with Gasteiger partial charge >= 0.3 is 12.1 Å². The first-order valence-electron chi connectivity index (χ1n) is 6.53. The number of nitrogens with one attached hydrogen (secondary N) is 1. The van der Waals surface area contributed by atoms with Crippen LogP contribution in [-0.2, 0) is 19.1 Å². The van der Waals surface area contributed by atoms with Crippen molar-refractivity contribution in [1.82, 2.24) is 5.32 Å². The van der Waals surface area contributed by atoms with Crippen molar-refractivity contribution in [3.05, 3.63) is 12.7 Å². The second kappa shape index (κ2) is 9.44. The van der Waals surface area contributed by atoms with E-state index >= 15 is 0 Å². The third kappa shape index (κ3) is 9.95. The topological polar surface area (TPSA) is 81.7 Å². The molecular weight excluding hydrogens is 294 g/mol. The van der Waals surface area contributed by atoms with Crippen molar-refractivity contribution in [2.24, 2.45) is 0 Å². The zero-order valence-corrected chi connectivity index (χ0v) is 13.7. The Hall–Kier alpha value is -1.50. The molecule has 1 N–H and O–H groups in total. The van der Waals surface area contributed by atoms with E-state index in [1.165, 1.54) is 7.11 Å². The van der Waals surface area contributed by atoms with Crippen LogP contribution in [0.1, 0.15) is 33.6 Å². The molecule has 0 aliphatic heterocycles. The van der Waals surface area contributed by atoms with Gasteiger partial charge in [0.05, 0.1) is 7.11 Å². The van der Waals surface area contributed by atoms with Crippen LogP contribution in [0.2, 0.25) is 0 Å². The molecule has 0 spiro atoms. The van der Waals surface area contributed by atoms with Gasteiger partial charge in [-0.25, -0.2) is 9.59 Å². The Bertz CT molecular complexity index is 389. The van der Waals surface area contributed by atoms with Crippen molar-refractivity contribution in [2.45, 2.75) is 45.3 Å². The highest BCUT2D eigenvalue weighted by Gasteiger charge is 2.25. The van der Waals surface area contributed by atoms with Gasteiger partial charge in [0.1, 0.15) is 11.6 Å². The molecule has 0 radical (unpaired) electrons. The molecule has 0 bridgehead atoms. The summed E-state index contributed by atoms with van der Waals surface area (Å²) < 4.78 is 9.68. The summed E-state index contributed by atoms with van der Waals surface area (Å²) in [7, 11) is 1.22. The fraction of sp³-hybridized carbons (Fsp3) is 0.643. The van der Waals surface area contributed by atoms with E-state index in [2.05, 4.69) is 16.6 Å². The van der Waals surface area contributed by atoms with Crippen LogP contribution in [0.3, 0.4) is 0 Å². The van der Waals surface area contributed by atoms with Gasteiger partial charge in [0, 0.05) is 12.2 Å². The van der Waals surface area contributed by atoms with Gasteiger partial charge in [-0.05, 0) is 27.2 Å². The third-order valence-electron chi connectivity index (χ3n) is 2.14. The summed E-state index contributed by atoms with van der Waals surface area (Å²) in [5, 5.41) is 2.33. The summed E-state index contributed by atoms with van der Waals surface area (Å²) in [6.45, 7) is 8.68. The number of thioether (sulfide) groups is 1. The molecule has 0 aliphatic rings. The Morgan fingerprint density at radius 3 is 2.43 bits per heavy atom. The first-order chi connectivity index (χ1) is 9.69. The van der Waals surface area contributed by atoms with Crippen LogP contribution in [0.15, 0.2) is 12.7 Å². The SMILES string of the molecule is C=CCCC(=O)SC[C@H](NC(=O)OC(C)(C)C)C(=O)OC. The molecule has 0 heterocycles. The Balaban J connectivity index is 4.46. The van der Waals surface area contributed by atoms with Crippen molar-refractivity contribution >= 4 is 28.9 Å². The Morgan fingerprint density at radius 1 is 1.33 bits per heavy atom. The molecule has 0 aliphatic carbocycles. The van der Waals surface area contributed by atoms with E-state index in [1.807, 2.05) is 0 Å². The first-order valence-corrected chi connectivity index (χ1v) is 7.52. The minimum atomic E-state index is -0.928. The predicted molar refractivity (Wildman–Crippen MR) is 82.1 cm³/mol. The molecule has 0 aromatic carbocycles. The van der Waals surface area contributed by atoms with Crippen LogP contribution in [0.25, 0.3) is 0 Å². The maximum Gasteiger partial charge on any atom is 0.408 e. The minimum Gasteiger partial charge on any atom is -0.467 e. The number of esters is 1. The van der Waals surface area contributed by atoms with Gasteiger partial charge in [0.2, 0.25) is 0 Å². The van der Waals surface area contributed by atoms with Crippen LogP contribution >= 0.6 is 11.8 Å². The fourth-order valence-corrected chi connectivity index (χ4v) is 2.06. The lowest BCUT2D eigenvalue weighted by atomic mass is 10.2. The van der Waals surface area contributed by atoms with Gasteiger partial charge in [0.15, 0.2) is 5.12 Å². The van der Waals surface area contributed by atoms with Crippen molar-refractivity contribution in [1.29, 1.82) is 0 Å². The quantitative estimate of drug-likeness (QED) is 0.573. The van der Waals surface area contributed by atoms with Gasteiger partial charge in [-0.15, -0.1) is 6.58 Å². The molecule has 0 unspecified atom stereocenters. The molecule has 1 atom stereocenters. The molecule has 1 amide bonds. The molecule has 0 saturated carbocycles. The lowest BCUT2D eigenvalue weighted by Gasteiger charge is -2.22. The minimum absolute atomic E-state index is 0.0743. The number of carbonyl (C=O) groups is 3. The van der Waals surface area contributed by atoms with Crippen molar-refractivity contribution in [3.8, 4) is 0 Å². The number of methoxy groups -OCH3 is 1. The molecular formula is C14H23NO5S. The Morgan fingerprint density at radius 2 is 1.95 bits per heavy atom. The van der Waals surface area contributed by atoms with E-state index in [0.717, 1.165) is 11.8 Å². The number of carbonyl (C=O) groups excluding carboxylic acids is 3. The van der Waals surface area contributed by atoms with E-state index in [9.17, 15) is 14.4 Å². The van der Waals surface area contributed by atoms with Crippen molar-refractivity contribution in [2.75, 3.05) is 12.9 Å². The summed E-state index contributed by atoms with van der Waals surface area (Å²) in [6, 6.07) is -0.928. The van der Waals surface area contributed by atoms with E-state index in [-0.39, 0.29) is 10.9 Å². The summed E-state index contributed by atoms with van der Waals surface area (Å²) in [6.07, 6.45) is 1.84. The summed E-state index contributed by atoms with van der Waals surface area (Å²) in [4.78, 5) is 34.8. The standard InChI is InChI=1S/C14H23NO5S/c1-6-7-8-11(16)21-9-10(12(17)19-5)15-13(18)20-14(2,3)4/h6,10H,1,7-9H2,2-5H3,(H,15,18)/t10-/m0/s1. The zero-order chi connectivity index (χ0) is 16.5. The molecule has 0 rings (SSSR count). The van der Waals surface area contributed by atoms with Crippen LogP contribution in [-0.4, -0.2) is 41.7 Å². The van der Waals surface area contributed by atoms with E-state index in [0.29, 0.717) is 12.8 Å². The maximum absolute atomic E-state index is 11.7. The monoisotopic (exact) mass is 317 g/mol. The highest BCUT2D eigenvalue weighted by molar-refractivity contribution is 8.13. The highest BCUT2D eigenvalue weighted by atomic mass is 32.2. The number of allylic oxidation sites excluding steroid dienone is 1. The fourth-order valence-electron chi connectivity index (χ4n) is 1.23. The number of rotatable bonds is 7. The van der Waals surface area contributed by atoms with Gasteiger partial charge < -0.3 is 14.8 Å². The van der Waals surface area contributed by atoms with Crippen molar-refractivity contribution < 1.29 is 23.9 Å². The van der Waals surface area contributed by atoms with Gasteiger partial charge in [-0.3, -0.25) is 4.79 Å². The Labute approximate surface area is 129 Å². The summed E-state index contributed by atoms with van der Waals surface area (Å²) in [5.41, 5.74) is -0.669. The molecule has 0 saturated heterocycles. The molecule has 0 aromatic heterocycles. The lowest BCUT2D eigenvalue weighted by molar-refractivity contribution is -0.142. The van der Waals surface area contributed by atoms with Crippen LogP contribution in [0, 0.1) is 0 Å². The average Bonchev–Trinajstić information content (AvgIpc) is 2.37. The predicted octanol–water partition coefficient (Wildman–Crippen LogP) is 2.28. The van der Waals surface area contributed by atoms with E-state index in [1.54, 1.807) is 26.8 Å². The number of hydrogen-bond donors (Lipinski definition) is 1. The Kier molecular flexibility index (Phi) is 8.76. The second-order valence-corrected chi connectivity index (χ2v) is 6.31. The molecule has 120 valence electrons. The summed E-state index contributed by atoms with van der Waals surface area (Å²) >= 11 is 0.970. The van der Waals surface area contributed by atoms with Crippen LogP contribution in [0.5, 0.6) is 0 Å². The van der Waals surface area contributed by atoms with Gasteiger partial charge in [0.25, 0.3) is 0 Å². The third-order valence-corrected chi connectivity index (χ3v) is 3.17. The first kappa shape index (κ1) is 19.5. The van der Waals surface area contributed by atoms with Crippen LogP contribution in [0.4, 0.5) is 4.79 Å². The zero-order valence-electron chi connectivity index (χ0n) is 12.9. The number of alkyl carbamates (subject to hydrolysis) is 1. The normalized spacial score (nSPS) is 12.2. The highest BCUT2D eigenvalue weighted by Crippen LogP contribution is 2.12. The molecule has 21 heavy (non-hydrogen) atoms. The largest absolute Gasteiger partial charge is 0.467 e. The number of ether oxygens (including phenoxy) is 2. The van der Waals surface area contributed by atoms with E-state index < -0.39 is 23.7 Å². The molecule has 0 aromatic rings. The van der Waals surface area contributed by atoms with E-state index in [4.69, 9.17) is 4.74 Å². The smallest absolute Gasteiger partial charge is 0.408 e. The molecule has 7 heteroatoms.